The lowest BCUT2D eigenvalue weighted by molar-refractivity contribution is -0.152. The van der Waals surface area contributed by atoms with Crippen LogP contribution in [0.15, 0.2) is 0 Å². The lowest BCUT2D eigenvalue weighted by atomic mass is 9.73. The summed E-state index contributed by atoms with van der Waals surface area (Å²) in [6, 6.07) is 0.680. The SMILES string of the molecule is O=C(O)CCOC1CCN(C2CCOC3(CCC3)C2)CC1. The lowest BCUT2D eigenvalue weighted by Crippen LogP contribution is -2.54. The molecule has 2 saturated heterocycles. The Morgan fingerprint density at radius 2 is 2.05 bits per heavy atom. The number of piperidine rings is 1. The Morgan fingerprint density at radius 1 is 1.29 bits per heavy atom. The molecule has 0 aromatic heterocycles. The number of nitrogens with zero attached hydrogens (tertiary/aromatic N) is 1. The van der Waals surface area contributed by atoms with Crippen LogP contribution in [0.1, 0.15) is 51.4 Å². The van der Waals surface area contributed by atoms with E-state index in [0.717, 1.165) is 39.0 Å². The van der Waals surface area contributed by atoms with E-state index in [1.165, 1.54) is 25.7 Å². The molecule has 1 aliphatic carbocycles. The molecule has 0 aromatic rings. The van der Waals surface area contributed by atoms with E-state index in [4.69, 9.17) is 14.6 Å². The molecule has 3 rings (SSSR count). The molecular formula is C16H27NO4. The summed E-state index contributed by atoms with van der Waals surface area (Å²) < 4.78 is 11.7. The molecule has 5 nitrogen and oxygen atoms in total. The predicted molar refractivity (Wildman–Crippen MR) is 78.4 cm³/mol. The Bertz CT molecular complexity index is 361. The first-order valence-electron chi connectivity index (χ1n) is 8.38. The molecule has 5 heteroatoms. The van der Waals surface area contributed by atoms with Crippen LogP contribution in [-0.2, 0) is 14.3 Å². The van der Waals surface area contributed by atoms with Crippen molar-refractivity contribution in [3.05, 3.63) is 0 Å². The van der Waals surface area contributed by atoms with Gasteiger partial charge in [-0.3, -0.25) is 9.69 Å². The second-order valence-corrected chi connectivity index (χ2v) is 6.78. The molecule has 1 atom stereocenters. The molecule has 1 saturated carbocycles. The number of aliphatic carboxylic acids is 1. The summed E-state index contributed by atoms with van der Waals surface area (Å²) in [4.78, 5) is 13.1. The standard InChI is InChI=1S/C16H27NO4/c18-15(19)5-10-20-14-2-8-17(9-3-14)13-4-11-21-16(12-13)6-1-7-16/h13-14H,1-12H2,(H,18,19). The number of likely N-dealkylation sites (tertiary alicyclic amines) is 1. The van der Waals surface area contributed by atoms with Crippen molar-refractivity contribution in [3.8, 4) is 0 Å². The van der Waals surface area contributed by atoms with E-state index in [1.54, 1.807) is 0 Å². The molecule has 2 aliphatic heterocycles. The molecule has 3 aliphatic rings. The highest BCUT2D eigenvalue weighted by atomic mass is 16.5. The minimum Gasteiger partial charge on any atom is -0.481 e. The fourth-order valence-electron chi connectivity index (χ4n) is 3.95. The first-order valence-corrected chi connectivity index (χ1v) is 8.38. The van der Waals surface area contributed by atoms with Gasteiger partial charge in [0.05, 0.1) is 24.7 Å². The number of carboxylic acids is 1. The number of hydrogen-bond donors (Lipinski definition) is 1. The fraction of sp³-hybridized carbons (Fsp3) is 0.938. The van der Waals surface area contributed by atoms with Gasteiger partial charge in [0.15, 0.2) is 0 Å². The zero-order valence-corrected chi connectivity index (χ0v) is 12.8. The van der Waals surface area contributed by atoms with Crippen LogP contribution in [0.25, 0.3) is 0 Å². The quantitative estimate of drug-likeness (QED) is 0.841. The number of ether oxygens (including phenoxy) is 2. The molecule has 1 spiro atoms. The molecule has 0 aromatic carbocycles. The summed E-state index contributed by atoms with van der Waals surface area (Å²) >= 11 is 0. The van der Waals surface area contributed by atoms with Gasteiger partial charge in [-0.2, -0.15) is 0 Å². The summed E-state index contributed by atoms with van der Waals surface area (Å²) in [5, 5.41) is 8.63. The Labute approximate surface area is 126 Å². The first-order chi connectivity index (χ1) is 10.2. The second kappa shape index (κ2) is 6.63. The Kier molecular flexibility index (Phi) is 4.82. The van der Waals surface area contributed by atoms with Gasteiger partial charge in [-0.25, -0.2) is 0 Å². The van der Waals surface area contributed by atoms with E-state index in [1.807, 2.05) is 0 Å². The van der Waals surface area contributed by atoms with E-state index >= 15 is 0 Å². The molecule has 0 radical (unpaired) electrons. The molecule has 1 N–H and O–H groups in total. The van der Waals surface area contributed by atoms with Crippen molar-refractivity contribution >= 4 is 5.97 Å². The summed E-state index contributed by atoms with van der Waals surface area (Å²) in [6.45, 7) is 3.43. The minimum atomic E-state index is -0.777. The summed E-state index contributed by atoms with van der Waals surface area (Å²) in [5.41, 5.74) is 0.220. The molecule has 21 heavy (non-hydrogen) atoms. The maximum absolute atomic E-state index is 10.5. The summed E-state index contributed by atoms with van der Waals surface area (Å²) in [6.07, 6.45) is 8.61. The van der Waals surface area contributed by atoms with E-state index in [0.29, 0.717) is 12.6 Å². The van der Waals surface area contributed by atoms with E-state index in [2.05, 4.69) is 4.90 Å². The highest BCUT2D eigenvalue weighted by Crippen LogP contribution is 2.43. The third-order valence-corrected chi connectivity index (χ3v) is 5.39. The number of hydrogen-bond acceptors (Lipinski definition) is 4. The highest BCUT2D eigenvalue weighted by Gasteiger charge is 2.44. The third kappa shape index (κ3) is 3.76. The lowest BCUT2D eigenvalue weighted by Gasteiger charge is -2.50. The van der Waals surface area contributed by atoms with Gasteiger partial charge in [-0.05, 0) is 44.9 Å². The molecule has 2 heterocycles. The van der Waals surface area contributed by atoms with Crippen LogP contribution in [-0.4, -0.2) is 60.0 Å². The predicted octanol–water partition coefficient (Wildman–Crippen LogP) is 2.04. The van der Waals surface area contributed by atoms with Gasteiger partial charge >= 0.3 is 5.97 Å². The number of carbonyl (C=O) groups is 1. The first kappa shape index (κ1) is 15.3. The van der Waals surface area contributed by atoms with Gasteiger partial charge in [0, 0.05) is 25.7 Å². The van der Waals surface area contributed by atoms with Crippen molar-refractivity contribution in [2.24, 2.45) is 0 Å². The second-order valence-electron chi connectivity index (χ2n) is 6.78. The zero-order valence-electron chi connectivity index (χ0n) is 12.8. The van der Waals surface area contributed by atoms with Gasteiger partial charge in [0.2, 0.25) is 0 Å². The van der Waals surface area contributed by atoms with Crippen LogP contribution in [0.4, 0.5) is 0 Å². The molecule has 0 bridgehead atoms. The van der Waals surface area contributed by atoms with Crippen LogP contribution in [0.5, 0.6) is 0 Å². The van der Waals surface area contributed by atoms with E-state index < -0.39 is 5.97 Å². The highest BCUT2D eigenvalue weighted by molar-refractivity contribution is 5.66. The fourth-order valence-corrected chi connectivity index (χ4v) is 3.95. The smallest absolute Gasteiger partial charge is 0.305 e. The van der Waals surface area contributed by atoms with Gasteiger partial charge < -0.3 is 14.6 Å². The van der Waals surface area contributed by atoms with E-state index in [-0.39, 0.29) is 18.1 Å². The topological polar surface area (TPSA) is 59.0 Å². The molecule has 120 valence electrons. The third-order valence-electron chi connectivity index (χ3n) is 5.39. The number of rotatable bonds is 5. The Balaban J connectivity index is 1.40. The Hall–Kier alpha value is -0.650. The average Bonchev–Trinajstić information content (AvgIpc) is 2.46. The van der Waals surface area contributed by atoms with Gasteiger partial charge in [-0.15, -0.1) is 0 Å². The summed E-state index contributed by atoms with van der Waals surface area (Å²) in [5.74, 6) is -0.777. The maximum Gasteiger partial charge on any atom is 0.305 e. The minimum absolute atomic E-state index is 0.114. The number of carboxylic acid groups (broad SMARTS) is 1. The monoisotopic (exact) mass is 297 g/mol. The summed E-state index contributed by atoms with van der Waals surface area (Å²) in [7, 11) is 0. The van der Waals surface area contributed by atoms with Crippen LogP contribution in [0.2, 0.25) is 0 Å². The largest absolute Gasteiger partial charge is 0.481 e. The molecule has 3 fully saturated rings. The van der Waals surface area contributed by atoms with Crippen LogP contribution < -0.4 is 0 Å². The molecular weight excluding hydrogens is 270 g/mol. The van der Waals surface area contributed by atoms with Crippen LogP contribution in [0, 0.1) is 0 Å². The molecule has 0 amide bonds. The Morgan fingerprint density at radius 3 is 2.67 bits per heavy atom. The van der Waals surface area contributed by atoms with Crippen LogP contribution in [0.3, 0.4) is 0 Å². The normalized spacial score (nSPS) is 30.2. The zero-order chi connectivity index (χ0) is 14.7. The van der Waals surface area contributed by atoms with Crippen molar-refractivity contribution < 1.29 is 19.4 Å². The van der Waals surface area contributed by atoms with Gasteiger partial charge in [0.25, 0.3) is 0 Å². The van der Waals surface area contributed by atoms with Crippen molar-refractivity contribution in [3.63, 3.8) is 0 Å². The molecule has 1 unspecified atom stereocenters. The van der Waals surface area contributed by atoms with Crippen molar-refractivity contribution in [1.82, 2.24) is 4.90 Å². The van der Waals surface area contributed by atoms with E-state index in [9.17, 15) is 4.79 Å². The van der Waals surface area contributed by atoms with Gasteiger partial charge in [0.1, 0.15) is 0 Å². The van der Waals surface area contributed by atoms with Crippen LogP contribution >= 0.6 is 0 Å². The van der Waals surface area contributed by atoms with Crippen molar-refractivity contribution in [2.45, 2.75) is 69.1 Å². The van der Waals surface area contributed by atoms with Crippen molar-refractivity contribution in [2.75, 3.05) is 26.3 Å². The van der Waals surface area contributed by atoms with Gasteiger partial charge in [-0.1, -0.05) is 0 Å². The average molecular weight is 297 g/mol. The van der Waals surface area contributed by atoms with Crippen molar-refractivity contribution in [1.29, 1.82) is 0 Å². The maximum atomic E-state index is 10.5.